The van der Waals surface area contributed by atoms with Crippen LogP contribution in [0.1, 0.15) is 10.4 Å². The van der Waals surface area contributed by atoms with Gasteiger partial charge in [-0.15, -0.1) is 11.8 Å². The smallest absolute Gasteiger partial charge is 0.253 e. The molecule has 25 heavy (non-hydrogen) atoms. The molecule has 0 spiro atoms. The summed E-state index contributed by atoms with van der Waals surface area (Å²) in [5.74, 6) is 7.67. The summed E-state index contributed by atoms with van der Waals surface area (Å²) >= 11 is 1.54. The van der Waals surface area contributed by atoms with Crippen molar-refractivity contribution in [3.05, 3.63) is 48.0 Å². The maximum Gasteiger partial charge on any atom is 0.253 e. The van der Waals surface area contributed by atoms with Crippen molar-refractivity contribution in [3.8, 4) is 29.1 Å². The summed E-state index contributed by atoms with van der Waals surface area (Å²) in [4.78, 5) is 13.1. The minimum Gasteiger partial charge on any atom is -0.481 e. The number of fused-ring (bicyclic) bond motifs is 1. The molecule has 3 rings (SSSR count). The molecule has 0 fully saturated rings. The molecule has 128 valence electrons. The molecule has 6 heteroatoms. The van der Waals surface area contributed by atoms with Gasteiger partial charge in [-0.1, -0.05) is 24.0 Å². The van der Waals surface area contributed by atoms with Crippen molar-refractivity contribution in [1.29, 1.82) is 0 Å². The van der Waals surface area contributed by atoms with Gasteiger partial charge in [0.05, 0.1) is 12.1 Å². The van der Waals surface area contributed by atoms with Crippen LogP contribution < -0.4 is 19.5 Å². The Labute approximate surface area is 150 Å². The van der Waals surface area contributed by atoms with Gasteiger partial charge in [-0.25, -0.2) is 0 Å². The third-order valence-electron chi connectivity index (χ3n) is 3.47. The van der Waals surface area contributed by atoms with Gasteiger partial charge >= 0.3 is 0 Å². The summed E-state index contributed by atoms with van der Waals surface area (Å²) in [5.41, 5.74) is 0.661. The predicted octanol–water partition coefficient (Wildman–Crippen LogP) is 2.95. The molecule has 0 saturated carbocycles. The lowest BCUT2D eigenvalue weighted by Gasteiger charge is -2.06. The number of thioether (sulfide) groups is 1. The highest BCUT2D eigenvalue weighted by molar-refractivity contribution is 7.98. The Balaban J connectivity index is 1.45. The first kappa shape index (κ1) is 17.1. The number of ether oxygens (including phenoxy) is 3. The third-order valence-corrected chi connectivity index (χ3v) is 4.26. The number of amides is 1. The third kappa shape index (κ3) is 4.40. The van der Waals surface area contributed by atoms with Gasteiger partial charge in [0, 0.05) is 11.0 Å². The Morgan fingerprint density at radius 2 is 2.04 bits per heavy atom. The minimum absolute atomic E-state index is 0.129. The lowest BCUT2D eigenvalue weighted by molar-refractivity contribution is 0.0955. The van der Waals surface area contributed by atoms with E-state index < -0.39 is 0 Å². The molecule has 2 aromatic carbocycles. The molecule has 5 nitrogen and oxygen atoms in total. The van der Waals surface area contributed by atoms with Gasteiger partial charge < -0.3 is 19.5 Å². The summed E-state index contributed by atoms with van der Waals surface area (Å²) in [6, 6.07) is 12.9. The first-order valence-electron chi connectivity index (χ1n) is 7.67. The molecule has 0 bridgehead atoms. The van der Waals surface area contributed by atoms with E-state index in [2.05, 4.69) is 17.2 Å². The van der Waals surface area contributed by atoms with Crippen molar-refractivity contribution in [2.75, 3.05) is 26.2 Å². The minimum atomic E-state index is -0.129. The SMILES string of the molecule is CSc1ccccc1C(=O)NCC#CCOc1ccc2c(c1)OCO2. The Morgan fingerprint density at radius 3 is 2.92 bits per heavy atom. The van der Waals surface area contributed by atoms with Crippen LogP contribution in [0.5, 0.6) is 17.2 Å². The van der Waals surface area contributed by atoms with E-state index in [1.54, 1.807) is 36.0 Å². The van der Waals surface area contributed by atoms with E-state index in [-0.39, 0.29) is 25.9 Å². The number of hydrogen-bond donors (Lipinski definition) is 1. The van der Waals surface area contributed by atoms with Crippen molar-refractivity contribution in [2.24, 2.45) is 0 Å². The zero-order chi connectivity index (χ0) is 17.5. The Kier molecular flexibility index (Phi) is 5.70. The Hall–Kier alpha value is -2.78. The van der Waals surface area contributed by atoms with Crippen LogP contribution in [-0.4, -0.2) is 32.1 Å². The molecule has 2 aromatic rings. The van der Waals surface area contributed by atoms with E-state index in [4.69, 9.17) is 14.2 Å². The second-order valence-electron chi connectivity index (χ2n) is 5.04. The normalized spacial score (nSPS) is 11.4. The van der Waals surface area contributed by atoms with Crippen molar-refractivity contribution in [3.63, 3.8) is 0 Å². The Bertz CT molecular complexity index is 826. The highest BCUT2D eigenvalue weighted by Gasteiger charge is 2.13. The van der Waals surface area contributed by atoms with Gasteiger partial charge in [0.25, 0.3) is 5.91 Å². The standard InChI is InChI=1S/C19H17NO4S/c1-25-18-7-3-2-6-15(18)19(21)20-10-4-5-11-22-14-8-9-16-17(12-14)24-13-23-16/h2-3,6-9,12H,10-11,13H2,1H3,(H,20,21). The fraction of sp³-hybridized carbons (Fsp3) is 0.211. The number of rotatable bonds is 5. The topological polar surface area (TPSA) is 56.8 Å². The van der Waals surface area contributed by atoms with Crippen LogP contribution in [0.25, 0.3) is 0 Å². The van der Waals surface area contributed by atoms with Crippen LogP contribution >= 0.6 is 11.8 Å². The zero-order valence-electron chi connectivity index (χ0n) is 13.7. The summed E-state index contributed by atoms with van der Waals surface area (Å²) in [7, 11) is 0. The quantitative estimate of drug-likeness (QED) is 0.660. The van der Waals surface area contributed by atoms with Gasteiger partial charge in [0.2, 0.25) is 6.79 Å². The summed E-state index contributed by atoms with van der Waals surface area (Å²) < 4.78 is 16.1. The molecule has 1 N–H and O–H groups in total. The van der Waals surface area contributed by atoms with Gasteiger partial charge in [-0.05, 0) is 30.5 Å². The molecule has 1 aliphatic rings. The molecule has 1 aliphatic heterocycles. The zero-order valence-corrected chi connectivity index (χ0v) is 14.5. The molecule has 1 heterocycles. The van der Waals surface area contributed by atoms with E-state index in [0.29, 0.717) is 22.8 Å². The fourth-order valence-corrected chi connectivity index (χ4v) is 2.85. The molecule has 0 atom stereocenters. The molecule has 0 saturated heterocycles. The van der Waals surface area contributed by atoms with Crippen LogP contribution in [0.2, 0.25) is 0 Å². The van der Waals surface area contributed by atoms with Crippen molar-refractivity contribution in [2.45, 2.75) is 4.90 Å². The summed E-state index contributed by atoms with van der Waals surface area (Å²) in [6.07, 6.45) is 1.94. The molecule has 0 radical (unpaired) electrons. The van der Waals surface area contributed by atoms with Gasteiger partial charge in [0.1, 0.15) is 12.4 Å². The second-order valence-corrected chi connectivity index (χ2v) is 5.89. The van der Waals surface area contributed by atoms with Crippen LogP contribution in [0.4, 0.5) is 0 Å². The highest BCUT2D eigenvalue weighted by Crippen LogP contribution is 2.34. The van der Waals surface area contributed by atoms with E-state index in [1.807, 2.05) is 24.5 Å². The van der Waals surface area contributed by atoms with Crippen LogP contribution in [0.3, 0.4) is 0 Å². The monoisotopic (exact) mass is 355 g/mol. The van der Waals surface area contributed by atoms with Gasteiger partial charge in [-0.2, -0.15) is 0 Å². The molecule has 0 aromatic heterocycles. The fourth-order valence-electron chi connectivity index (χ4n) is 2.25. The van der Waals surface area contributed by atoms with Crippen molar-refractivity contribution in [1.82, 2.24) is 5.32 Å². The number of carbonyl (C=O) groups excluding carboxylic acids is 1. The summed E-state index contributed by atoms with van der Waals surface area (Å²) in [5, 5.41) is 2.79. The molecular formula is C19H17NO4S. The van der Waals surface area contributed by atoms with Crippen LogP contribution in [0, 0.1) is 11.8 Å². The molecule has 1 amide bonds. The number of carbonyl (C=O) groups is 1. The number of nitrogens with one attached hydrogen (secondary N) is 1. The number of benzene rings is 2. The largest absolute Gasteiger partial charge is 0.481 e. The average molecular weight is 355 g/mol. The van der Waals surface area contributed by atoms with Gasteiger partial charge in [0.15, 0.2) is 11.5 Å². The van der Waals surface area contributed by atoms with E-state index in [1.165, 1.54) is 0 Å². The molecular weight excluding hydrogens is 338 g/mol. The second kappa shape index (κ2) is 8.36. The lowest BCUT2D eigenvalue weighted by atomic mass is 10.2. The van der Waals surface area contributed by atoms with Crippen LogP contribution in [0.15, 0.2) is 47.4 Å². The summed E-state index contributed by atoms with van der Waals surface area (Å²) in [6.45, 7) is 0.737. The van der Waals surface area contributed by atoms with Crippen molar-refractivity contribution < 1.29 is 19.0 Å². The van der Waals surface area contributed by atoms with E-state index in [9.17, 15) is 4.79 Å². The van der Waals surface area contributed by atoms with Crippen LogP contribution in [-0.2, 0) is 0 Å². The first-order valence-corrected chi connectivity index (χ1v) is 8.90. The van der Waals surface area contributed by atoms with Gasteiger partial charge in [-0.3, -0.25) is 4.79 Å². The lowest BCUT2D eigenvalue weighted by Crippen LogP contribution is -2.24. The highest BCUT2D eigenvalue weighted by atomic mass is 32.2. The van der Waals surface area contributed by atoms with E-state index in [0.717, 1.165) is 4.90 Å². The maximum absolute atomic E-state index is 12.1. The predicted molar refractivity (Wildman–Crippen MR) is 96.4 cm³/mol. The maximum atomic E-state index is 12.1. The molecule has 0 unspecified atom stereocenters. The number of hydrogen-bond acceptors (Lipinski definition) is 5. The van der Waals surface area contributed by atoms with Crippen molar-refractivity contribution >= 4 is 17.7 Å². The first-order chi connectivity index (χ1) is 12.3. The molecule has 0 aliphatic carbocycles. The average Bonchev–Trinajstić information content (AvgIpc) is 3.12. The van der Waals surface area contributed by atoms with E-state index >= 15 is 0 Å². The Morgan fingerprint density at radius 1 is 1.20 bits per heavy atom.